The van der Waals surface area contributed by atoms with Crippen molar-refractivity contribution in [3.8, 4) is 11.8 Å². The van der Waals surface area contributed by atoms with Gasteiger partial charge in [0.2, 0.25) is 0 Å². The van der Waals surface area contributed by atoms with Gasteiger partial charge in [0.25, 0.3) is 11.8 Å². The van der Waals surface area contributed by atoms with Gasteiger partial charge < -0.3 is 14.6 Å². The van der Waals surface area contributed by atoms with Crippen molar-refractivity contribution < 1.29 is 18.2 Å². The molecule has 0 saturated carbocycles. The highest BCUT2D eigenvalue weighted by Crippen LogP contribution is 2.18. The molecule has 0 aliphatic heterocycles. The lowest BCUT2D eigenvalue weighted by Gasteiger charge is -2.18. The van der Waals surface area contributed by atoms with Crippen molar-refractivity contribution >= 4 is 27.2 Å². The fourth-order valence-corrected chi connectivity index (χ4v) is 6.21. The molecule has 0 aliphatic carbocycles. The predicted octanol–water partition coefficient (Wildman–Crippen LogP) is 6.03. The summed E-state index contributed by atoms with van der Waals surface area (Å²) < 4.78 is 23.5. The molecule has 1 atom stereocenters. The van der Waals surface area contributed by atoms with E-state index < -0.39 is 15.6 Å². The lowest BCUT2D eigenvalue weighted by Crippen LogP contribution is -2.25. The van der Waals surface area contributed by atoms with E-state index >= 15 is 0 Å². The second-order valence-electron chi connectivity index (χ2n) is 9.61. The maximum absolute atomic E-state index is 14.0. The number of furan rings is 1. The van der Waals surface area contributed by atoms with E-state index in [0.29, 0.717) is 28.1 Å². The number of amides is 2. The van der Waals surface area contributed by atoms with Crippen molar-refractivity contribution in [1.82, 2.24) is 9.88 Å². The number of nitrogens with zero attached hydrogens (tertiary/aromatic N) is 3. The Labute approximate surface area is 247 Å². The molecule has 0 bridgehead atoms. The van der Waals surface area contributed by atoms with Gasteiger partial charge in [-0.15, -0.1) is 0 Å². The van der Waals surface area contributed by atoms with Crippen molar-refractivity contribution in [3.05, 3.63) is 113 Å². The van der Waals surface area contributed by atoms with Gasteiger partial charge in [0.05, 0.1) is 21.6 Å². The molecule has 1 unspecified atom stereocenters. The number of benzene rings is 2. The molecule has 2 heterocycles. The normalized spacial score (nSPS) is 12.2. The van der Waals surface area contributed by atoms with Gasteiger partial charge in [-0.05, 0) is 75.4 Å². The van der Waals surface area contributed by atoms with Crippen LogP contribution in [0.5, 0.6) is 0 Å². The number of carbonyl (C=O) groups is 2. The number of pyridine rings is 1. The van der Waals surface area contributed by atoms with E-state index in [1.807, 2.05) is 12.1 Å². The Hall–Kier alpha value is -4.52. The van der Waals surface area contributed by atoms with E-state index in [1.54, 1.807) is 67.7 Å². The zero-order chi connectivity index (χ0) is 30.0. The van der Waals surface area contributed by atoms with Gasteiger partial charge in [-0.2, -0.15) is 4.36 Å². The van der Waals surface area contributed by atoms with E-state index in [-0.39, 0.29) is 23.0 Å². The highest BCUT2D eigenvalue weighted by Gasteiger charge is 2.17. The van der Waals surface area contributed by atoms with E-state index in [0.717, 1.165) is 25.2 Å². The molecule has 2 aromatic carbocycles. The summed E-state index contributed by atoms with van der Waals surface area (Å²) in [6.07, 6.45) is 5.08. The molecule has 0 saturated heterocycles. The van der Waals surface area contributed by atoms with Crippen LogP contribution in [0.25, 0.3) is 0 Å². The number of aryl methyl sites for hydroxylation is 1. The number of anilines is 1. The van der Waals surface area contributed by atoms with Gasteiger partial charge >= 0.3 is 0 Å². The van der Waals surface area contributed by atoms with Crippen LogP contribution < -0.4 is 5.32 Å². The van der Waals surface area contributed by atoms with E-state index in [9.17, 15) is 13.8 Å². The first kappa shape index (κ1) is 30.4. The molecule has 9 heteroatoms. The van der Waals surface area contributed by atoms with E-state index in [1.165, 1.54) is 12.5 Å². The Morgan fingerprint density at radius 1 is 0.976 bits per heavy atom. The maximum atomic E-state index is 14.0. The molecule has 8 nitrogen and oxygen atoms in total. The largest absolute Gasteiger partial charge is 0.459 e. The van der Waals surface area contributed by atoms with Gasteiger partial charge in [0.15, 0.2) is 5.76 Å². The Bertz CT molecular complexity index is 1720. The zero-order valence-electron chi connectivity index (χ0n) is 24.0. The van der Waals surface area contributed by atoms with Crippen molar-refractivity contribution in [2.45, 2.75) is 32.1 Å². The van der Waals surface area contributed by atoms with Crippen LogP contribution in [0, 0.1) is 18.8 Å². The monoisotopic (exact) mass is 582 g/mol. The van der Waals surface area contributed by atoms with E-state index in [2.05, 4.69) is 45.3 Å². The Balaban J connectivity index is 1.53. The van der Waals surface area contributed by atoms with Crippen LogP contribution in [-0.2, 0) is 9.73 Å². The van der Waals surface area contributed by atoms with Crippen LogP contribution in [0.4, 0.5) is 5.69 Å². The number of hydrogen-bond acceptors (Lipinski definition) is 6. The van der Waals surface area contributed by atoms with Gasteiger partial charge in [-0.1, -0.05) is 50.0 Å². The summed E-state index contributed by atoms with van der Waals surface area (Å²) in [6, 6.07) is 19.4. The van der Waals surface area contributed by atoms with Gasteiger partial charge in [-0.25, -0.2) is 4.21 Å². The Morgan fingerprint density at radius 3 is 2.45 bits per heavy atom. The molecule has 0 fully saturated rings. The molecule has 4 rings (SSSR count). The van der Waals surface area contributed by atoms with Crippen molar-refractivity contribution in [3.63, 3.8) is 0 Å². The standard InChI is InChI=1S/C33H34N4O4S/c1-4-37(5-2)18-10-20-42(40,30-13-7-6-8-14-30)36-32(38)28-21-27(23-34-24-28)16-15-26-11-9-12-29(22-26)35-33(39)31-25(3)17-19-41-31/h6-9,11-14,17,19,21-24H,4-5,10,18,20H2,1-3H3,(H,35,39). The summed E-state index contributed by atoms with van der Waals surface area (Å²) in [6.45, 7) is 8.57. The second-order valence-corrected chi connectivity index (χ2v) is 12.0. The van der Waals surface area contributed by atoms with Crippen LogP contribution >= 0.6 is 0 Å². The summed E-state index contributed by atoms with van der Waals surface area (Å²) in [5, 5.41) is 2.81. The average molecular weight is 583 g/mol. The van der Waals surface area contributed by atoms with Crippen LogP contribution in [0.3, 0.4) is 0 Å². The Morgan fingerprint density at radius 2 is 1.74 bits per heavy atom. The zero-order valence-corrected chi connectivity index (χ0v) is 24.8. The lowest BCUT2D eigenvalue weighted by molar-refractivity contribution is 0.0991. The molecular formula is C33H34N4O4S. The van der Waals surface area contributed by atoms with Crippen LogP contribution in [-0.4, -0.2) is 51.3 Å². The number of hydrogen-bond donors (Lipinski definition) is 1. The SMILES string of the molecule is CCN(CC)CCCS(=O)(=NC(=O)c1cncc(C#Cc2cccc(NC(=O)c3occc3C)c2)c1)c1ccccc1. The third-order valence-corrected chi connectivity index (χ3v) is 8.97. The van der Waals surface area contributed by atoms with Gasteiger partial charge in [-0.3, -0.25) is 14.6 Å². The minimum Gasteiger partial charge on any atom is -0.459 e. The molecule has 1 N–H and O–H groups in total. The summed E-state index contributed by atoms with van der Waals surface area (Å²) >= 11 is 0. The Kier molecular flexibility index (Phi) is 10.4. The first-order valence-corrected chi connectivity index (χ1v) is 15.5. The van der Waals surface area contributed by atoms with Crippen LogP contribution in [0.15, 0.2) is 99.1 Å². The van der Waals surface area contributed by atoms with Crippen molar-refractivity contribution in [2.24, 2.45) is 4.36 Å². The first-order valence-electron chi connectivity index (χ1n) is 13.8. The smallest absolute Gasteiger partial charge is 0.291 e. The van der Waals surface area contributed by atoms with Crippen molar-refractivity contribution in [2.75, 3.05) is 30.7 Å². The molecule has 2 aromatic heterocycles. The summed E-state index contributed by atoms with van der Waals surface area (Å²) in [7, 11) is -2.99. The molecule has 0 radical (unpaired) electrons. The summed E-state index contributed by atoms with van der Waals surface area (Å²) in [5.74, 6) is 5.64. The highest BCUT2D eigenvalue weighted by molar-refractivity contribution is 7.94. The minimum absolute atomic E-state index is 0.212. The average Bonchev–Trinajstić information content (AvgIpc) is 3.45. The van der Waals surface area contributed by atoms with Crippen LogP contribution in [0.1, 0.15) is 57.9 Å². The van der Waals surface area contributed by atoms with Gasteiger partial charge in [0, 0.05) is 45.4 Å². The molecule has 42 heavy (non-hydrogen) atoms. The first-order chi connectivity index (χ1) is 20.3. The van der Waals surface area contributed by atoms with Crippen molar-refractivity contribution in [1.29, 1.82) is 0 Å². The molecule has 0 spiro atoms. The van der Waals surface area contributed by atoms with Crippen LogP contribution in [0.2, 0.25) is 0 Å². The molecule has 2 amide bonds. The summed E-state index contributed by atoms with van der Waals surface area (Å²) in [4.78, 5) is 32.7. The minimum atomic E-state index is -2.99. The number of nitrogens with one attached hydrogen (secondary N) is 1. The number of aromatic nitrogens is 1. The molecule has 4 aromatic rings. The quantitative estimate of drug-likeness (QED) is 0.229. The topological polar surface area (TPSA) is 105 Å². The summed E-state index contributed by atoms with van der Waals surface area (Å²) in [5.41, 5.74) is 2.69. The number of carbonyl (C=O) groups excluding carboxylic acids is 2. The maximum Gasteiger partial charge on any atom is 0.291 e. The predicted molar refractivity (Wildman–Crippen MR) is 165 cm³/mol. The lowest BCUT2D eigenvalue weighted by atomic mass is 10.1. The number of rotatable bonds is 10. The van der Waals surface area contributed by atoms with E-state index in [4.69, 9.17) is 4.42 Å². The molecular weight excluding hydrogens is 548 g/mol. The third kappa shape index (κ3) is 8.03. The highest BCUT2D eigenvalue weighted by atomic mass is 32.2. The fourth-order valence-electron chi connectivity index (χ4n) is 4.30. The molecule has 0 aliphatic rings. The van der Waals surface area contributed by atoms with Gasteiger partial charge in [0.1, 0.15) is 0 Å². The third-order valence-electron chi connectivity index (χ3n) is 6.66. The fraction of sp³-hybridized carbons (Fsp3) is 0.242. The molecule has 216 valence electrons. The second kappa shape index (κ2) is 14.4.